The third kappa shape index (κ3) is 1.89. The number of nitrogens with one attached hydrogen (secondary N) is 1. The summed E-state index contributed by atoms with van der Waals surface area (Å²) in [6.45, 7) is 1.56. The molecule has 2 heterocycles. The van der Waals surface area contributed by atoms with Crippen LogP contribution in [0.3, 0.4) is 0 Å². The van der Waals surface area contributed by atoms with E-state index in [1.54, 1.807) is 4.90 Å². The van der Waals surface area contributed by atoms with Gasteiger partial charge in [-0.2, -0.15) is 0 Å². The summed E-state index contributed by atoms with van der Waals surface area (Å²) >= 11 is 0. The van der Waals surface area contributed by atoms with Gasteiger partial charge in [-0.05, 0) is 12.8 Å². The van der Waals surface area contributed by atoms with Crippen molar-refractivity contribution in [2.24, 2.45) is 0 Å². The van der Waals surface area contributed by atoms with Gasteiger partial charge in [-0.1, -0.05) is 0 Å². The van der Waals surface area contributed by atoms with E-state index >= 15 is 0 Å². The Bertz CT molecular complexity index is 212. The Kier molecular flexibility index (Phi) is 2.71. The predicted molar refractivity (Wildman–Crippen MR) is 49.6 cm³/mol. The van der Waals surface area contributed by atoms with E-state index in [1.807, 2.05) is 0 Å². The van der Waals surface area contributed by atoms with Crippen molar-refractivity contribution in [2.45, 2.75) is 31.1 Å². The van der Waals surface area contributed by atoms with E-state index in [4.69, 9.17) is 0 Å². The summed E-state index contributed by atoms with van der Waals surface area (Å²) in [7, 11) is 0. The van der Waals surface area contributed by atoms with Gasteiger partial charge >= 0.3 is 0 Å². The van der Waals surface area contributed by atoms with Crippen molar-refractivity contribution >= 4 is 5.91 Å². The van der Waals surface area contributed by atoms with Crippen LogP contribution < -0.4 is 5.32 Å². The van der Waals surface area contributed by atoms with Crippen LogP contribution in [-0.2, 0) is 4.79 Å². The number of carbonyl (C=O) groups excluding carboxylic acids is 1. The number of nitrogens with zero attached hydrogens (tertiary/aromatic N) is 1. The standard InChI is InChI=1S/C9H16N2O3/c12-6-1-2-11(5-6)9(14)8-3-7(13)4-10-8/h6-8,10,12-13H,1-5H2/t6-,7?,8?/m0/s1. The number of likely N-dealkylation sites (tertiary alicyclic amines) is 1. The highest BCUT2D eigenvalue weighted by atomic mass is 16.3. The van der Waals surface area contributed by atoms with Gasteiger partial charge in [0.2, 0.25) is 5.91 Å². The molecule has 3 atom stereocenters. The lowest BCUT2D eigenvalue weighted by Crippen LogP contribution is -2.42. The zero-order chi connectivity index (χ0) is 10.1. The maximum Gasteiger partial charge on any atom is 0.239 e. The Morgan fingerprint density at radius 1 is 1.36 bits per heavy atom. The van der Waals surface area contributed by atoms with Crippen molar-refractivity contribution in [1.29, 1.82) is 0 Å². The predicted octanol–water partition coefficient (Wildman–Crippen LogP) is -1.70. The molecule has 2 fully saturated rings. The van der Waals surface area contributed by atoms with Crippen LogP contribution in [0.5, 0.6) is 0 Å². The zero-order valence-electron chi connectivity index (χ0n) is 8.02. The Morgan fingerprint density at radius 3 is 2.64 bits per heavy atom. The lowest BCUT2D eigenvalue weighted by Gasteiger charge is -2.19. The van der Waals surface area contributed by atoms with E-state index in [2.05, 4.69) is 5.32 Å². The van der Waals surface area contributed by atoms with Gasteiger partial charge in [-0.3, -0.25) is 4.79 Å². The molecule has 14 heavy (non-hydrogen) atoms. The molecule has 2 saturated heterocycles. The van der Waals surface area contributed by atoms with E-state index in [-0.39, 0.29) is 18.1 Å². The summed E-state index contributed by atoms with van der Waals surface area (Å²) in [6, 6.07) is -0.254. The summed E-state index contributed by atoms with van der Waals surface area (Å²) in [6.07, 6.45) is 0.383. The van der Waals surface area contributed by atoms with Crippen molar-refractivity contribution in [3.05, 3.63) is 0 Å². The number of hydrogen-bond donors (Lipinski definition) is 3. The largest absolute Gasteiger partial charge is 0.392 e. The smallest absolute Gasteiger partial charge is 0.239 e. The number of hydrogen-bond acceptors (Lipinski definition) is 4. The van der Waals surface area contributed by atoms with Crippen LogP contribution in [0.4, 0.5) is 0 Å². The Hall–Kier alpha value is -0.650. The molecule has 0 spiro atoms. The first kappa shape index (κ1) is 9.89. The Morgan fingerprint density at radius 2 is 2.14 bits per heavy atom. The van der Waals surface area contributed by atoms with Crippen LogP contribution >= 0.6 is 0 Å². The average molecular weight is 200 g/mol. The normalized spacial score (nSPS) is 37.9. The number of β-amino-alcohol motifs (C(OH)–C–C–N with tert-alkyl or cyclic N) is 2. The number of aliphatic hydroxyl groups is 2. The molecule has 5 heteroatoms. The fourth-order valence-electron chi connectivity index (χ4n) is 2.07. The van der Waals surface area contributed by atoms with E-state index < -0.39 is 6.10 Å². The minimum Gasteiger partial charge on any atom is -0.392 e. The maximum atomic E-state index is 11.8. The monoisotopic (exact) mass is 200 g/mol. The molecule has 5 nitrogen and oxygen atoms in total. The topological polar surface area (TPSA) is 72.8 Å². The molecule has 0 bridgehead atoms. The van der Waals surface area contributed by atoms with E-state index in [1.165, 1.54) is 0 Å². The lowest BCUT2D eigenvalue weighted by molar-refractivity contribution is -0.132. The third-order valence-electron chi connectivity index (χ3n) is 2.88. The molecule has 0 aromatic heterocycles. The van der Waals surface area contributed by atoms with Crippen molar-refractivity contribution in [1.82, 2.24) is 10.2 Å². The van der Waals surface area contributed by atoms with E-state index in [0.717, 1.165) is 0 Å². The minimum atomic E-state index is -0.406. The van der Waals surface area contributed by atoms with Gasteiger partial charge in [-0.25, -0.2) is 0 Å². The fourth-order valence-corrected chi connectivity index (χ4v) is 2.07. The maximum absolute atomic E-state index is 11.8. The lowest BCUT2D eigenvalue weighted by atomic mass is 10.2. The molecule has 2 aliphatic heterocycles. The van der Waals surface area contributed by atoms with E-state index in [0.29, 0.717) is 32.5 Å². The van der Waals surface area contributed by atoms with E-state index in [9.17, 15) is 15.0 Å². The Balaban J connectivity index is 1.89. The van der Waals surface area contributed by atoms with Crippen LogP contribution in [0.15, 0.2) is 0 Å². The van der Waals surface area contributed by atoms with Crippen molar-refractivity contribution < 1.29 is 15.0 Å². The van der Waals surface area contributed by atoms with Gasteiger partial charge in [0.25, 0.3) is 0 Å². The second-order valence-corrected chi connectivity index (χ2v) is 4.08. The third-order valence-corrected chi connectivity index (χ3v) is 2.88. The molecule has 0 radical (unpaired) electrons. The molecule has 80 valence electrons. The van der Waals surface area contributed by atoms with Gasteiger partial charge in [0.1, 0.15) is 0 Å². The Labute approximate surface area is 82.7 Å². The summed E-state index contributed by atoms with van der Waals surface area (Å²) in [5, 5.41) is 21.5. The highest BCUT2D eigenvalue weighted by molar-refractivity contribution is 5.82. The SMILES string of the molecule is O=C(C1CC(O)CN1)N1CC[C@H](O)C1. The second kappa shape index (κ2) is 3.84. The summed E-state index contributed by atoms with van der Waals surface area (Å²) < 4.78 is 0. The molecule has 0 aliphatic carbocycles. The molecular weight excluding hydrogens is 184 g/mol. The van der Waals surface area contributed by atoms with Crippen LogP contribution in [0.1, 0.15) is 12.8 Å². The second-order valence-electron chi connectivity index (χ2n) is 4.08. The quantitative estimate of drug-likeness (QED) is 0.472. The van der Waals surface area contributed by atoms with Crippen LogP contribution in [0.25, 0.3) is 0 Å². The van der Waals surface area contributed by atoms with Gasteiger partial charge in [0, 0.05) is 19.6 Å². The van der Waals surface area contributed by atoms with Crippen molar-refractivity contribution in [3.63, 3.8) is 0 Å². The van der Waals surface area contributed by atoms with Crippen molar-refractivity contribution in [2.75, 3.05) is 19.6 Å². The number of aliphatic hydroxyl groups excluding tert-OH is 2. The molecular formula is C9H16N2O3. The minimum absolute atomic E-state index is 0.0121. The van der Waals surface area contributed by atoms with Gasteiger partial charge in [-0.15, -0.1) is 0 Å². The molecule has 3 N–H and O–H groups in total. The highest BCUT2D eigenvalue weighted by Crippen LogP contribution is 2.14. The number of rotatable bonds is 1. The van der Waals surface area contributed by atoms with Crippen molar-refractivity contribution in [3.8, 4) is 0 Å². The molecule has 1 amide bonds. The molecule has 2 aliphatic rings. The molecule has 0 aromatic carbocycles. The van der Waals surface area contributed by atoms with Gasteiger partial charge in [0.05, 0.1) is 18.2 Å². The molecule has 0 saturated carbocycles. The number of carbonyl (C=O) groups is 1. The highest BCUT2D eigenvalue weighted by Gasteiger charge is 2.34. The van der Waals surface area contributed by atoms with Crippen LogP contribution in [0.2, 0.25) is 0 Å². The zero-order valence-corrected chi connectivity index (χ0v) is 8.02. The first-order valence-corrected chi connectivity index (χ1v) is 5.05. The summed E-state index contributed by atoms with van der Waals surface area (Å²) in [4.78, 5) is 13.4. The van der Waals surface area contributed by atoms with Crippen LogP contribution in [0, 0.1) is 0 Å². The summed E-state index contributed by atoms with van der Waals surface area (Å²) in [5.74, 6) is 0.0121. The molecule has 2 unspecified atom stereocenters. The first-order valence-electron chi connectivity index (χ1n) is 5.05. The number of amides is 1. The van der Waals surface area contributed by atoms with Gasteiger partial charge < -0.3 is 20.4 Å². The van der Waals surface area contributed by atoms with Gasteiger partial charge in [0.15, 0.2) is 0 Å². The van der Waals surface area contributed by atoms with Crippen LogP contribution in [-0.4, -0.2) is 58.9 Å². The fraction of sp³-hybridized carbons (Fsp3) is 0.889. The average Bonchev–Trinajstić information content (AvgIpc) is 2.73. The molecule has 2 rings (SSSR count). The first-order chi connectivity index (χ1) is 6.66. The molecule has 0 aromatic rings. The summed E-state index contributed by atoms with van der Waals surface area (Å²) in [5.41, 5.74) is 0.